The van der Waals surface area contributed by atoms with Gasteiger partial charge in [-0.05, 0) is 24.3 Å². The lowest BCUT2D eigenvalue weighted by molar-refractivity contribution is 0.0975. The van der Waals surface area contributed by atoms with Gasteiger partial charge in [0, 0.05) is 29.1 Å². The van der Waals surface area contributed by atoms with Crippen molar-refractivity contribution in [3.05, 3.63) is 90.1 Å². The van der Waals surface area contributed by atoms with Gasteiger partial charge in [-0.15, -0.1) is 0 Å². The lowest BCUT2D eigenvalue weighted by Crippen LogP contribution is -2.43. The van der Waals surface area contributed by atoms with Gasteiger partial charge in [0.15, 0.2) is 11.5 Å². The van der Waals surface area contributed by atoms with Crippen molar-refractivity contribution >= 4 is 17.3 Å². The first-order valence-electron chi connectivity index (χ1n) is 11.3. The SMILES string of the molecule is N#CCCn1cc([C@H]2Nc3ccccc3C(=O)N2c2ccc3c(c2)OCO3)c(-c2ccccc2)n1. The fraction of sp³-hybridized carbons (Fsp3) is 0.148. The number of fused-ring (bicyclic) bond motifs is 2. The first kappa shape index (κ1) is 20.8. The third kappa shape index (κ3) is 3.63. The Kier molecular flexibility index (Phi) is 5.08. The third-order valence-electron chi connectivity index (χ3n) is 6.15. The Morgan fingerprint density at radius 1 is 1.03 bits per heavy atom. The zero-order valence-electron chi connectivity index (χ0n) is 18.7. The highest BCUT2D eigenvalue weighted by atomic mass is 16.7. The minimum absolute atomic E-state index is 0.132. The average molecular weight is 463 g/mol. The summed E-state index contributed by atoms with van der Waals surface area (Å²) in [6.45, 7) is 0.610. The van der Waals surface area contributed by atoms with Crippen molar-refractivity contribution in [1.29, 1.82) is 5.26 Å². The first-order chi connectivity index (χ1) is 17.2. The molecule has 3 heterocycles. The average Bonchev–Trinajstić information content (AvgIpc) is 3.55. The number of hydrogen-bond acceptors (Lipinski definition) is 6. The fourth-order valence-corrected chi connectivity index (χ4v) is 4.51. The predicted octanol–water partition coefficient (Wildman–Crippen LogP) is 4.96. The molecule has 0 aliphatic carbocycles. The summed E-state index contributed by atoms with van der Waals surface area (Å²) in [4.78, 5) is 15.6. The predicted molar refractivity (Wildman–Crippen MR) is 130 cm³/mol. The number of amides is 1. The van der Waals surface area contributed by atoms with E-state index < -0.39 is 6.17 Å². The molecule has 8 nitrogen and oxygen atoms in total. The van der Waals surface area contributed by atoms with Gasteiger partial charge in [0.05, 0.1) is 36.0 Å². The number of aromatic nitrogens is 2. The van der Waals surface area contributed by atoms with Crippen LogP contribution in [-0.2, 0) is 6.54 Å². The minimum Gasteiger partial charge on any atom is -0.454 e. The highest BCUT2D eigenvalue weighted by molar-refractivity contribution is 6.12. The van der Waals surface area contributed by atoms with Crippen molar-refractivity contribution in [2.24, 2.45) is 0 Å². The van der Waals surface area contributed by atoms with E-state index in [1.165, 1.54) is 0 Å². The van der Waals surface area contributed by atoms with Gasteiger partial charge in [-0.2, -0.15) is 10.4 Å². The van der Waals surface area contributed by atoms with Crippen LogP contribution in [0.4, 0.5) is 11.4 Å². The van der Waals surface area contributed by atoms with Crippen LogP contribution in [0.5, 0.6) is 11.5 Å². The van der Waals surface area contributed by atoms with Crippen LogP contribution < -0.4 is 19.7 Å². The molecule has 0 saturated carbocycles. The molecular weight excluding hydrogens is 442 g/mol. The Hall–Kier alpha value is -4.77. The molecule has 8 heteroatoms. The molecule has 0 spiro atoms. The summed E-state index contributed by atoms with van der Waals surface area (Å²) in [5.74, 6) is 1.12. The Balaban J connectivity index is 1.52. The molecule has 0 unspecified atom stereocenters. The normalized spacial score (nSPS) is 15.9. The van der Waals surface area contributed by atoms with Crippen LogP contribution in [0.1, 0.15) is 28.5 Å². The van der Waals surface area contributed by atoms with Gasteiger partial charge in [-0.1, -0.05) is 42.5 Å². The maximum atomic E-state index is 13.9. The number of para-hydroxylation sites is 1. The van der Waals surface area contributed by atoms with E-state index >= 15 is 0 Å². The van der Waals surface area contributed by atoms with Gasteiger partial charge < -0.3 is 14.8 Å². The van der Waals surface area contributed by atoms with Crippen LogP contribution in [0.25, 0.3) is 11.3 Å². The van der Waals surface area contributed by atoms with Crippen LogP contribution in [-0.4, -0.2) is 22.5 Å². The molecule has 2 aliphatic heterocycles. The van der Waals surface area contributed by atoms with Gasteiger partial charge in [-0.25, -0.2) is 0 Å². The van der Waals surface area contributed by atoms with Crippen molar-refractivity contribution in [2.75, 3.05) is 17.0 Å². The monoisotopic (exact) mass is 463 g/mol. The second kappa shape index (κ2) is 8.54. The van der Waals surface area contributed by atoms with Gasteiger partial charge in [-0.3, -0.25) is 14.4 Å². The summed E-state index contributed by atoms with van der Waals surface area (Å²) in [7, 11) is 0. The number of aryl methyl sites for hydroxylation is 1. The van der Waals surface area contributed by atoms with Crippen LogP contribution in [0, 0.1) is 11.3 Å². The molecule has 6 rings (SSSR count). The molecule has 0 saturated heterocycles. The van der Waals surface area contributed by atoms with Crippen molar-refractivity contribution in [2.45, 2.75) is 19.1 Å². The number of nitriles is 1. The molecule has 1 N–H and O–H groups in total. The van der Waals surface area contributed by atoms with Crippen molar-refractivity contribution < 1.29 is 14.3 Å². The number of nitrogens with one attached hydrogen (secondary N) is 1. The fourth-order valence-electron chi connectivity index (χ4n) is 4.51. The number of carbonyl (C=O) groups is 1. The summed E-state index contributed by atoms with van der Waals surface area (Å²) in [6, 6.07) is 25.0. The summed E-state index contributed by atoms with van der Waals surface area (Å²) in [5, 5.41) is 17.5. The van der Waals surface area contributed by atoms with E-state index in [1.54, 1.807) is 9.58 Å². The van der Waals surface area contributed by atoms with Gasteiger partial charge in [0.2, 0.25) is 6.79 Å². The van der Waals surface area contributed by atoms with Crippen molar-refractivity contribution in [3.8, 4) is 28.8 Å². The summed E-state index contributed by atoms with van der Waals surface area (Å²) in [6.07, 6.45) is 1.71. The molecular formula is C27H21N5O3. The van der Waals surface area contributed by atoms with Gasteiger partial charge in [0.25, 0.3) is 5.91 Å². The molecule has 0 fully saturated rings. The molecule has 3 aromatic carbocycles. The lowest BCUT2D eigenvalue weighted by Gasteiger charge is -2.38. The zero-order valence-corrected chi connectivity index (χ0v) is 18.7. The van der Waals surface area contributed by atoms with E-state index in [2.05, 4.69) is 11.4 Å². The van der Waals surface area contributed by atoms with Crippen molar-refractivity contribution in [1.82, 2.24) is 9.78 Å². The molecule has 172 valence electrons. The highest BCUT2D eigenvalue weighted by Gasteiger charge is 2.37. The number of nitrogens with zero attached hydrogens (tertiary/aromatic N) is 4. The molecule has 1 atom stereocenters. The van der Waals surface area contributed by atoms with E-state index in [0.717, 1.165) is 22.5 Å². The molecule has 35 heavy (non-hydrogen) atoms. The Morgan fingerprint density at radius 2 is 1.83 bits per heavy atom. The van der Waals surface area contributed by atoms with E-state index in [9.17, 15) is 4.79 Å². The standard InChI is InChI=1S/C27H21N5O3/c28-13-6-14-31-16-21(25(30-31)18-7-2-1-3-8-18)26-29-22-10-5-4-9-20(22)27(33)32(26)19-11-12-23-24(15-19)35-17-34-23/h1-5,7-12,15-16,26,29H,6,14,17H2/t26-/m0/s1. The van der Waals surface area contributed by atoms with Gasteiger partial charge >= 0.3 is 0 Å². The number of anilines is 2. The van der Waals surface area contributed by atoms with Crippen LogP contribution >= 0.6 is 0 Å². The zero-order chi connectivity index (χ0) is 23.8. The Labute approximate surface area is 201 Å². The molecule has 0 bridgehead atoms. The maximum Gasteiger partial charge on any atom is 0.262 e. The van der Waals surface area contributed by atoms with E-state index in [0.29, 0.717) is 35.7 Å². The number of hydrogen-bond donors (Lipinski definition) is 1. The highest BCUT2D eigenvalue weighted by Crippen LogP contribution is 2.43. The summed E-state index contributed by atoms with van der Waals surface area (Å²) in [5.41, 5.74) is 4.52. The van der Waals surface area contributed by atoms with Gasteiger partial charge in [0.1, 0.15) is 6.17 Å². The molecule has 1 amide bonds. The van der Waals surface area contributed by atoms with E-state index in [1.807, 2.05) is 79.0 Å². The number of rotatable bonds is 5. The topological polar surface area (TPSA) is 92.4 Å². The number of carbonyl (C=O) groups excluding carboxylic acids is 1. The lowest BCUT2D eigenvalue weighted by atomic mass is 10.0. The minimum atomic E-state index is -0.538. The number of benzene rings is 3. The van der Waals surface area contributed by atoms with Crippen molar-refractivity contribution in [3.63, 3.8) is 0 Å². The van der Waals surface area contributed by atoms with Crippen LogP contribution in [0.2, 0.25) is 0 Å². The quantitative estimate of drug-likeness (QED) is 0.450. The second-order valence-electron chi connectivity index (χ2n) is 8.28. The second-order valence-corrected chi connectivity index (χ2v) is 8.28. The van der Waals surface area contributed by atoms with Crippen LogP contribution in [0.15, 0.2) is 79.0 Å². The summed E-state index contributed by atoms with van der Waals surface area (Å²) >= 11 is 0. The largest absolute Gasteiger partial charge is 0.454 e. The smallest absolute Gasteiger partial charge is 0.262 e. The first-order valence-corrected chi connectivity index (χ1v) is 11.3. The molecule has 2 aliphatic rings. The molecule has 0 radical (unpaired) electrons. The Morgan fingerprint density at radius 3 is 2.69 bits per heavy atom. The maximum absolute atomic E-state index is 13.9. The van der Waals surface area contributed by atoms with Crippen LogP contribution in [0.3, 0.4) is 0 Å². The summed E-state index contributed by atoms with van der Waals surface area (Å²) < 4.78 is 12.8. The van der Waals surface area contributed by atoms with E-state index in [-0.39, 0.29) is 12.7 Å². The third-order valence-corrected chi connectivity index (χ3v) is 6.15. The Bertz CT molecular complexity index is 1460. The van der Waals surface area contributed by atoms with E-state index in [4.69, 9.17) is 19.8 Å². The number of ether oxygens (including phenoxy) is 2. The molecule has 1 aromatic heterocycles. The molecule has 4 aromatic rings.